The molecular formula is C19H24N2O4. The van der Waals surface area contributed by atoms with Crippen molar-refractivity contribution in [2.24, 2.45) is 0 Å². The second-order valence-corrected chi connectivity index (χ2v) is 7.20. The summed E-state index contributed by atoms with van der Waals surface area (Å²) in [6.07, 6.45) is 1.49. The molecule has 0 bridgehead atoms. The number of nitrogens with zero attached hydrogens (tertiary/aromatic N) is 2. The molecule has 1 amide bonds. The van der Waals surface area contributed by atoms with Crippen LogP contribution >= 0.6 is 0 Å². The molecule has 3 heterocycles. The number of carbonyl (C=O) groups is 2. The standard InChI is InChI=1S/C19H24N2O4/c1-2-20-12-15-6-4-3-5-14(15)11-16(20)17(22)21-9-7-19(8-10-21)13-24-18(23)25-19/h3-6,16H,2,7-13H2,1H3/t16-/m1/s1. The highest BCUT2D eigenvalue weighted by Gasteiger charge is 2.46. The maximum Gasteiger partial charge on any atom is 0.509 e. The van der Waals surface area contributed by atoms with Crippen molar-refractivity contribution < 1.29 is 19.1 Å². The summed E-state index contributed by atoms with van der Waals surface area (Å²) < 4.78 is 10.3. The molecule has 2 fully saturated rings. The minimum Gasteiger partial charge on any atom is -0.430 e. The maximum atomic E-state index is 13.1. The molecule has 4 rings (SSSR count). The molecule has 1 atom stereocenters. The lowest BCUT2D eigenvalue weighted by Gasteiger charge is -2.41. The summed E-state index contributed by atoms with van der Waals surface area (Å²) in [6, 6.07) is 8.28. The summed E-state index contributed by atoms with van der Waals surface area (Å²) in [7, 11) is 0. The summed E-state index contributed by atoms with van der Waals surface area (Å²) >= 11 is 0. The van der Waals surface area contributed by atoms with Gasteiger partial charge in [0.05, 0.1) is 6.04 Å². The summed E-state index contributed by atoms with van der Waals surface area (Å²) in [5.41, 5.74) is 2.08. The number of hydrogen-bond acceptors (Lipinski definition) is 5. The Morgan fingerprint density at radius 3 is 2.60 bits per heavy atom. The molecule has 25 heavy (non-hydrogen) atoms. The fraction of sp³-hybridized carbons (Fsp3) is 0.579. The van der Waals surface area contributed by atoms with E-state index in [-0.39, 0.29) is 11.9 Å². The van der Waals surface area contributed by atoms with E-state index in [9.17, 15) is 9.59 Å². The number of cyclic esters (lactones) is 1. The Kier molecular flexibility index (Phi) is 4.15. The van der Waals surface area contributed by atoms with E-state index in [0.717, 1.165) is 19.5 Å². The van der Waals surface area contributed by atoms with Crippen molar-refractivity contribution in [2.45, 2.75) is 44.4 Å². The molecule has 1 aromatic rings. The zero-order valence-corrected chi connectivity index (χ0v) is 14.6. The molecule has 0 saturated carbocycles. The van der Waals surface area contributed by atoms with Crippen LogP contribution in [0.4, 0.5) is 4.79 Å². The third-order valence-corrected chi connectivity index (χ3v) is 5.78. The molecule has 0 N–H and O–H groups in total. The molecule has 6 nitrogen and oxygen atoms in total. The van der Waals surface area contributed by atoms with Gasteiger partial charge in [-0.25, -0.2) is 4.79 Å². The predicted molar refractivity (Wildman–Crippen MR) is 91.0 cm³/mol. The van der Waals surface area contributed by atoms with Crippen LogP contribution in [0.25, 0.3) is 0 Å². The van der Waals surface area contributed by atoms with Crippen molar-refractivity contribution in [1.29, 1.82) is 0 Å². The summed E-state index contributed by atoms with van der Waals surface area (Å²) in [4.78, 5) is 28.6. The van der Waals surface area contributed by atoms with E-state index in [1.807, 2.05) is 11.0 Å². The first-order valence-corrected chi connectivity index (χ1v) is 9.06. The maximum absolute atomic E-state index is 13.1. The van der Waals surface area contributed by atoms with E-state index in [4.69, 9.17) is 9.47 Å². The number of fused-ring (bicyclic) bond motifs is 1. The largest absolute Gasteiger partial charge is 0.509 e. The van der Waals surface area contributed by atoms with Gasteiger partial charge in [0.1, 0.15) is 6.61 Å². The van der Waals surface area contributed by atoms with Crippen LogP contribution in [0.5, 0.6) is 0 Å². The Balaban J connectivity index is 1.45. The van der Waals surface area contributed by atoms with E-state index in [1.165, 1.54) is 11.1 Å². The first-order valence-electron chi connectivity index (χ1n) is 9.06. The summed E-state index contributed by atoms with van der Waals surface area (Å²) in [6.45, 7) is 5.33. The van der Waals surface area contributed by atoms with Crippen molar-refractivity contribution >= 4 is 12.1 Å². The number of hydrogen-bond donors (Lipinski definition) is 0. The van der Waals surface area contributed by atoms with E-state index in [0.29, 0.717) is 32.5 Å². The lowest BCUT2D eigenvalue weighted by molar-refractivity contribution is -0.141. The number of piperidine rings is 1. The molecule has 3 aliphatic rings. The Hall–Kier alpha value is -2.08. The van der Waals surface area contributed by atoms with Crippen molar-refractivity contribution in [3.8, 4) is 0 Å². The lowest BCUT2D eigenvalue weighted by atomic mass is 9.90. The van der Waals surface area contributed by atoms with Gasteiger partial charge < -0.3 is 14.4 Å². The van der Waals surface area contributed by atoms with Crippen LogP contribution in [0.3, 0.4) is 0 Å². The molecule has 2 saturated heterocycles. The first-order chi connectivity index (χ1) is 12.1. The van der Waals surface area contributed by atoms with Gasteiger partial charge in [0, 0.05) is 32.5 Å². The van der Waals surface area contributed by atoms with E-state index in [1.54, 1.807) is 0 Å². The number of likely N-dealkylation sites (N-methyl/N-ethyl adjacent to an activating group) is 1. The fourth-order valence-corrected chi connectivity index (χ4v) is 4.17. The molecule has 0 unspecified atom stereocenters. The van der Waals surface area contributed by atoms with Crippen molar-refractivity contribution in [3.05, 3.63) is 35.4 Å². The van der Waals surface area contributed by atoms with Gasteiger partial charge in [-0.05, 0) is 24.1 Å². The molecule has 0 radical (unpaired) electrons. The van der Waals surface area contributed by atoms with E-state index >= 15 is 0 Å². The van der Waals surface area contributed by atoms with Gasteiger partial charge in [0.2, 0.25) is 5.91 Å². The molecular weight excluding hydrogens is 320 g/mol. The highest BCUT2D eigenvalue weighted by molar-refractivity contribution is 5.82. The van der Waals surface area contributed by atoms with Crippen LogP contribution in [0.15, 0.2) is 24.3 Å². The molecule has 0 aromatic heterocycles. The van der Waals surface area contributed by atoms with Gasteiger partial charge in [-0.1, -0.05) is 31.2 Å². The van der Waals surface area contributed by atoms with Crippen LogP contribution in [0.1, 0.15) is 30.9 Å². The summed E-state index contributed by atoms with van der Waals surface area (Å²) in [5.74, 6) is 0.191. The van der Waals surface area contributed by atoms with Gasteiger partial charge in [-0.15, -0.1) is 0 Å². The van der Waals surface area contributed by atoms with Crippen LogP contribution in [0, 0.1) is 0 Å². The number of ether oxygens (including phenoxy) is 2. The fourth-order valence-electron chi connectivity index (χ4n) is 4.17. The van der Waals surface area contributed by atoms with E-state index in [2.05, 4.69) is 30.0 Å². The van der Waals surface area contributed by atoms with Gasteiger partial charge in [-0.3, -0.25) is 9.69 Å². The number of amides is 1. The minimum absolute atomic E-state index is 0.101. The van der Waals surface area contributed by atoms with Crippen molar-refractivity contribution in [2.75, 3.05) is 26.2 Å². The SMILES string of the molecule is CCN1Cc2ccccc2C[C@@H]1C(=O)N1CCC2(CC1)COC(=O)O2. The number of likely N-dealkylation sites (tertiary alicyclic amines) is 1. The zero-order chi connectivity index (χ0) is 17.4. The topological polar surface area (TPSA) is 59.1 Å². The quantitative estimate of drug-likeness (QED) is 0.768. The number of carbonyl (C=O) groups excluding carboxylic acids is 2. The minimum atomic E-state index is -0.583. The lowest BCUT2D eigenvalue weighted by Crippen LogP contribution is -2.55. The predicted octanol–water partition coefficient (Wildman–Crippen LogP) is 1.96. The second-order valence-electron chi connectivity index (χ2n) is 7.20. The van der Waals surface area contributed by atoms with Crippen molar-refractivity contribution in [3.63, 3.8) is 0 Å². The molecule has 134 valence electrons. The van der Waals surface area contributed by atoms with Crippen molar-refractivity contribution in [1.82, 2.24) is 9.80 Å². The molecule has 6 heteroatoms. The van der Waals surface area contributed by atoms with Gasteiger partial charge in [-0.2, -0.15) is 0 Å². The van der Waals surface area contributed by atoms with Crippen LogP contribution < -0.4 is 0 Å². The van der Waals surface area contributed by atoms with Gasteiger partial charge >= 0.3 is 6.16 Å². The average Bonchev–Trinajstić information content (AvgIpc) is 3.00. The monoisotopic (exact) mass is 344 g/mol. The number of rotatable bonds is 2. The molecule has 0 aliphatic carbocycles. The smallest absolute Gasteiger partial charge is 0.430 e. The zero-order valence-electron chi connectivity index (χ0n) is 14.6. The average molecular weight is 344 g/mol. The Morgan fingerprint density at radius 2 is 1.96 bits per heavy atom. The third-order valence-electron chi connectivity index (χ3n) is 5.78. The van der Waals surface area contributed by atoms with Crippen LogP contribution in [-0.2, 0) is 27.2 Å². The van der Waals surface area contributed by atoms with Crippen LogP contribution in [0.2, 0.25) is 0 Å². The van der Waals surface area contributed by atoms with Gasteiger partial charge in [0.25, 0.3) is 0 Å². The Bertz CT molecular complexity index is 682. The Labute approximate surface area is 147 Å². The second kappa shape index (κ2) is 6.33. The normalized spacial score (nSPS) is 25.4. The van der Waals surface area contributed by atoms with Gasteiger partial charge in [0.15, 0.2) is 5.60 Å². The summed E-state index contributed by atoms with van der Waals surface area (Å²) in [5, 5.41) is 0. The Morgan fingerprint density at radius 1 is 1.24 bits per heavy atom. The molecule has 1 spiro atoms. The third kappa shape index (κ3) is 2.99. The highest BCUT2D eigenvalue weighted by Crippen LogP contribution is 2.33. The van der Waals surface area contributed by atoms with E-state index < -0.39 is 11.8 Å². The van der Waals surface area contributed by atoms with Crippen LogP contribution in [-0.4, -0.2) is 59.7 Å². The molecule has 1 aromatic carbocycles. The number of benzene rings is 1. The highest BCUT2D eigenvalue weighted by atomic mass is 16.8. The molecule has 3 aliphatic heterocycles. The first kappa shape index (κ1) is 16.4.